The first-order valence-corrected chi connectivity index (χ1v) is 7.66. The minimum Gasteiger partial charge on any atom is -0.347 e. The fourth-order valence-corrected chi connectivity index (χ4v) is 2.70. The highest BCUT2D eigenvalue weighted by Gasteiger charge is 2.20. The van der Waals surface area contributed by atoms with E-state index in [9.17, 15) is 0 Å². The van der Waals surface area contributed by atoms with Crippen LogP contribution in [0.1, 0.15) is 38.2 Å². The second kappa shape index (κ2) is 5.56. The van der Waals surface area contributed by atoms with Gasteiger partial charge in [-0.05, 0) is 37.0 Å². The van der Waals surface area contributed by atoms with Gasteiger partial charge in [-0.2, -0.15) is 0 Å². The SMILES string of the molecule is CCCCn1cc(CNC2CC2)c2ccc(Cl)cc21. The number of aryl methyl sites for hydroxylation is 1. The summed E-state index contributed by atoms with van der Waals surface area (Å²) in [6, 6.07) is 6.99. The van der Waals surface area contributed by atoms with Crippen LogP contribution in [0.4, 0.5) is 0 Å². The molecule has 0 aliphatic heterocycles. The van der Waals surface area contributed by atoms with Gasteiger partial charge in [0.15, 0.2) is 0 Å². The molecule has 1 N–H and O–H groups in total. The third kappa shape index (κ3) is 2.96. The van der Waals surface area contributed by atoms with Gasteiger partial charge in [-0.25, -0.2) is 0 Å². The molecule has 2 nitrogen and oxygen atoms in total. The minimum absolute atomic E-state index is 0.751. The fourth-order valence-electron chi connectivity index (χ4n) is 2.54. The molecular weight excluding hydrogens is 256 g/mol. The van der Waals surface area contributed by atoms with Crippen molar-refractivity contribution in [2.75, 3.05) is 0 Å². The molecule has 1 aliphatic rings. The average Bonchev–Trinajstić information content (AvgIpc) is 3.17. The van der Waals surface area contributed by atoms with Gasteiger partial charge in [0.1, 0.15) is 0 Å². The number of hydrogen-bond donors (Lipinski definition) is 1. The maximum atomic E-state index is 6.14. The maximum absolute atomic E-state index is 6.14. The Bertz CT molecular complexity index is 569. The van der Waals surface area contributed by atoms with Gasteiger partial charge in [0.25, 0.3) is 0 Å². The van der Waals surface area contributed by atoms with Crippen LogP contribution in [0.3, 0.4) is 0 Å². The predicted molar refractivity (Wildman–Crippen MR) is 81.7 cm³/mol. The van der Waals surface area contributed by atoms with Gasteiger partial charge in [-0.15, -0.1) is 0 Å². The summed E-state index contributed by atoms with van der Waals surface area (Å²) in [5, 5.41) is 5.77. The Morgan fingerprint density at radius 1 is 1.37 bits per heavy atom. The van der Waals surface area contributed by atoms with E-state index in [1.54, 1.807) is 0 Å². The van der Waals surface area contributed by atoms with Crippen molar-refractivity contribution in [3.8, 4) is 0 Å². The lowest BCUT2D eigenvalue weighted by Gasteiger charge is -2.03. The largest absolute Gasteiger partial charge is 0.347 e. The number of nitrogens with one attached hydrogen (secondary N) is 1. The third-order valence-electron chi connectivity index (χ3n) is 3.84. The van der Waals surface area contributed by atoms with Gasteiger partial charge < -0.3 is 9.88 Å². The van der Waals surface area contributed by atoms with Crippen molar-refractivity contribution in [2.45, 2.75) is 51.7 Å². The van der Waals surface area contributed by atoms with Crippen LogP contribution in [0.5, 0.6) is 0 Å². The molecule has 3 rings (SSSR count). The summed E-state index contributed by atoms with van der Waals surface area (Å²) in [6.07, 6.45) is 7.40. The van der Waals surface area contributed by atoms with E-state index in [0.717, 1.165) is 24.2 Å². The standard InChI is InChI=1S/C16H21ClN2/c1-2-3-8-19-11-12(10-18-14-5-6-14)15-7-4-13(17)9-16(15)19/h4,7,9,11,14,18H,2-3,5-6,8,10H2,1H3. The molecule has 3 heteroatoms. The first kappa shape index (κ1) is 13.0. The number of benzene rings is 1. The van der Waals surface area contributed by atoms with Gasteiger partial charge in [-0.1, -0.05) is 31.0 Å². The lowest BCUT2D eigenvalue weighted by molar-refractivity contribution is 0.642. The maximum Gasteiger partial charge on any atom is 0.0498 e. The van der Waals surface area contributed by atoms with E-state index >= 15 is 0 Å². The number of nitrogens with zero attached hydrogens (tertiary/aromatic N) is 1. The lowest BCUT2D eigenvalue weighted by Crippen LogP contribution is -2.14. The first-order valence-electron chi connectivity index (χ1n) is 7.28. The van der Waals surface area contributed by atoms with Crippen molar-refractivity contribution in [2.24, 2.45) is 0 Å². The van der Waals surface area contributed by atoms with Crippen LogP contribution in [0.15, 0.2) is 24.4 Å². The second-order valence-electron chi connectivity index (χ2n) is 5.52. The van der Waals surface area contributed by atoms with Gasteiger partial charge in [0, 0.05) is 41.3 Å². The summed E-state index contributed by atoms with van der Waals surface area (Å²) >= 11 is 6.14. The number of fused-ring (bicyclic) bond motifs is 1. The molecule has 102 valence electrons. The Kier molecular flexibility index (Phi) is 3.81. The Hall–Kier alpha value is -0.990. The van der Waals surface area contributed by atoms with Crippen LogP contribution in [0.25, 0.3) is 10.9 Å². The molecule has 1 heterocycles. The van der Waals surface area contributed by atoms with Crippen molar-refractivity contribution in [1.29, 1.82) is 0 Å². The zero-order valence-electron chi connectivity index (χ0n) is 11.5. The molecule has 0 unspecified atom stereocenters. The summed E-state index contributed by atoms with van der Waals surface area (Å²) in [5.41, 5.74) is 2.67. The first-order chi connectivity index (χ1) is 9.28. The van der Waals surface area contributed by atoms with E-state index in [4.69, 9.17) is 11.6 Å². The van der Waals surface area contributed by atoms with E-state index in [2.05, 4.69) is 35.1 Å². The molecule has 1 aromatic heterocycles. The van der Waals surface area contributed by atoms with Crippen molar-refractivity contribution >= 4 is 22.5 Å². The minimum atomic E-state index is 0.751. The topological polar surface area (TPSA) is 17.0 Å². The number of hydrogen-bond acceptors (Lipinski definition) is 1. The number of unbranched alkanes of at least 4 members (excludes halogenated alkanes) is 1. The molecule has 2 aromatic rings. The smallest absolute Gasteiger partial charge is 0.0498 e. The zero-order chi connectivity index (χ0) is 13.2. The highest BCUT2D eigenvalue weighted by atomic mass is 35.5. The van der Waals surface area contributed by atoms with Crippen molar-refractivity contribution in [3.63, 3.8) is 0 Å². The third-order valence-corrected chi connectivity index (χ3v) is 4.07. The zero-order valence-corrected chi connectivity index (χ0v) is 12.2. The van der Waals surface area contributed by atoms with Crippen LogP contribution in [-0.2, 0) is 13.1 Å². The van der Waals surface area contributed by atoms with Crippen molar-refractivity contribution in [3.05, 3.63) is 35.0 Å². The number of aromatic nitrogens is 1. The summed E-state index contributed by atoms with van der Waals surface area (Å²) in [7, 11) is 0. The molecule has 1 aromatic carbocycles. The van der Waals surface area contributed by atoms with Gasteiger partial charge >= 0.3 is 0 Å². The molecule has 19 heavy (non-hydrogen) atoms. The molecule has 0 radical (unpaired) electrons. The number of halogens is 1. The van der Waals surface area contributed by atoms with E-state index in [1.165, 1.54) is 42.1 Å². The van der Waals surface area contributed by atoms with Crippen LogP contribution in [0, 0.1) is 0 Å². The molecule has 0 saturated heterocycles. The van der Waals surface area contributed by atoms with Crippen LogP contribution in [-0.4, -0.2) is 10.6 Å². The Labute approximate surface area is 119 Å². The molecule has 0 bridgehead atoms. The van der Waals surface area contributed by atoms with Gasteiger partial charge in [0.05, 0.1) is 0 Å². The summed E-state index contributed by atoms with van der Waals surface area (Å²) < 4.78 is 2.36. The van der Waals surface area contributed by atoms with E-state index in [0.29, 0.717) is 0 Å². The normalized spacial score (nSPS) is 15.3. The van der Waals surface area contributed by atoms with Crippen molar-refractivity contribution in [1.82, 2.24) is 9.88 Å². The molecular formula is C16H21ClN2. The van der Waals surface area contributed by atoms with Gasteiger partial charge in [0.2, 0.25) is 0 Å². The molecule has 1 fully saturated rings. The Morgan fingerprint density at radius 2 is 2.21 bits per heavy atom. The molecule has 0 spiro atoms. The van der Waals surface area contributed by atoms with Crippen molar-refractivity contribution < 1.29 is 0 Å². The Morgan fingerprint density at radius 3 is 2.95 bits per heavy atom. The van der Waals surface area contributed by atoms with Crippen LogP contribution in [0.2, 0.25) is 5.02 Å². The Balaban J connectivity index is 1.91. The molecule has 0 atom stereocenters. The van der Waals surface area contributed by atoms with Crippen LogP contribution < -0.4 is 5.32 Å². The summed E-state index contributed by atoms with van der Waals surface area (Å²) in [5.74, 6) is 0. The van der Waals surface area contributed by atoms with Crippen LogP contribution >= 0.6 is 11.6 Å². The highest BCUT2D eigenvalue weighted by molar-refractivity contribution is 6.31. The second-order valence-corrected chi connectivity index (χ2v) is 5.95. The lowest BCUT2D eigenvalue weighted by atomic mass is 10.2. The van der Waals surface area contributed by atoms with E-state index in [1.807, 2.05) is 6.07 Å². The molecule has 0 amide bonds. The van der Waals surface area contributed by atoms with E-state index in [-0.39, 0.29) is 0 Å². The summed E-state index contributed by atoms with van der Waals surface area (Å²) in [4.78, 5) is 0. The number of rotatable bonds is 6. The van der Waals surface area contributed by atoms with Gasteiger partial charge in [-0.3, -0.25) is 0 Å². The average molecular weight is 277 g/mol. The molecule has 1 aliphatic carbocycles. The molecule has 1 saturated carbocycles. The monoisotopic (exact) mass is 276 g/mol. The summed E-state index contributed by atoms with van der Waals surface area (Å²) in [6.45, 7) is 4.28. The highest BCUT2D eigenvalue weighted by Crippen LogP contribution is 2.26. The fraction of sp³-hybridized carbons (Fsp3) is 0.500. The predicted octanol–water partition coefficient (Wildman–Crippen LogP) is 4.35. The van der Waals surface area contributed by atoms with E-state index < -0.39 is 0 Å². The quantitative estimate of drug-likeness (QED) is 0.830.